The van der Waals surface area contributed by atoms with Crippen molar-refractivity contribution in [1.29, 1.82) is 0 Å². The first kappa shape index (κ1) is 12.5. The molecule has 0 spiro atoms. The Hall–Kier alpha value is -0.930. The summed E-state index contributed by atoms with van der Waals surface area (Å²) in [7, 11) is 0. The van der Waals surface area contributed by atoms with Crippen LogP contribution in [0.2, 0.25) is 0 Å². The van der Waals surface area contributed by atoms with E-state index in [0.29, 0.717) is 0 Å². The average Bonchev–Trinajstić information content (AvgIpc) is 2.63. The molecule has 0 amide bonds. The number of benzene rings is 1. The zero-order valence-corrected chi connectivity index (χ0v) is 10.7. The van der Waals surface area contributed by atoms with Crippen LogP contribution >= 0.6 is 0 Å². The first-order valence-electron chi connectivity index (χ1n) is 6.16. The van der Waals surface area contributed by atoms with Gasteiger partial charge in [-0.3, -0.25) is 0 Å². The van der Waals surface area contributed by atoms with Crippen molar-refractivity contribution in [2.75, 3.05) is 0 Å². The van der Waals surface area contributed by atoms with Crippen LogP contribution in [0.4, 0.5) is 4.39 Å². The smallest absolute Gasteiger partial charge is 0.123 e. The maximum atomic E-state index is 13.2. The van der Waals surface area contributed by atoms with Crippen molar-refractivity contribution in [3.63, 3.8) is 0 Å². The SMILES string of the molecule is Cc1cc(F)cc(C)c1C(N)C1CCC(C)O1. The lowest BCUT2D eigenvalue weighted by Gasteiger charge is -2.23. The molecule has 17 heavy (non-hydrogen) atoms. The third-order valence-electron chi connectivity index (χ3n) is 3.56. The van der Waals surface area contributed by atoms with Gasteiger partial charge in [0.1, 0.15) is 5.82 Å². The zero-order valence-electron chi connectivity index (χ0n) is 10.7. The number of aryl methyl sites for hydroxylation is 2. The van der Waals surface area contributed by atoms with Crippen LogP contribution in [0.25, 0.3) is 0 Å². The van der Waals surface area contributed by atoms with Gasteiger partial charge in [-0.25, -0.2) is 4.39 Å². The van der Waals surface area contributed by atoms with Crippen LogP contribution in [0.3, 0.4) is 0 Å². The maximum absolute atomic E-state index is 13.2. The molecule has 94 valence electrons. The van der Waals surface area contributed by atoms with Crippen LogP contribution < -0.4 is 5.73 Å². The fourth-order valence-electron chi connectivity index (χ4n) is 2.73. The van der Waals surface area contributed by atoms with Gasteiger partial charge in [0.05, 0.1) is 18.2 Å². The molecule has 1 aromatic carbocycles. The third kappa shape index (κ3) is 2.50. The summed E-state index contributed by atoms with van der Waals surface area (Å²) in [4.78, 5) is 0. The van der Waals surface area contributed by atoms with Crippen molar-refractivity contribution in [3.8, 4) is 0 Å². The Bertz CT molecular complexity index is 396. The van der Waals surface area contributed by atoms with Gasteiger partial charge in [-0.2, -0.15) is 0 Å². The van der Waals surface area contributed by atoms with E-state index in [0.717, 1.165) is 29.5 Å². The van der Waals surface area contributed by atoms with Crippen LogP contribution in [-0.4, -0.2) is 12.2 Å². The van der Waals surface area contributed by atoms with E-state index in [9.17, 15) is 4.39 Å². The first-order valence-corrected chi connectivity index (χ1v) is 6.16. The molecule has 3 atom stereocenters. The minimum absolute atomic E-state index is 0.0628. The highest BCUT2D eigenvalue weighted by atomic mass is 19.1. The van der Waals surface area contributed by atoms with E-state index in [4.69, 9.17) is 10.5 Å². The molecule has 1 aliphatic heterocycles. The van der Waals surface area contributed by atoms with E-state index in [1.54, 1.807) is 12.1 Å². The summed E-state index contributed by atoms with van der Waals surface area (Å²) in [6.07, 6.45) is 2.39. The number of hydrogen-bond donors (Lipinski definition) is 1. The summed E-state index contributed by atoms with van der Waals surface area (Å²) in [6, 6.07) is 2.93. The molecule has 2 nitrogen and oxygen atoms in total. The number of nitrogens with two attached hydrogens (primary N) is 1. The summed E-state index contributed by atoms with van der Waals surface area (Å²) in [5.41, 5.74) is 9.13. The molecule has 1 saturated heterocycles. The second-order valence-corrected chi connectivity index (χ2v) is 5.04. The normalized spacial score (nSPS) is 26.2. The summed E-state index contributed by atoms with van der Waals surface area (Å²) in [5.74, 6) is -0.198. The van der Waals surface area contributed by atoms with E-state index >= 15 is 0 Å². The molecule has 3 unspecified atom stereocenters. The molecule has 3 heteroatoms. The lowest BCUT2D eigenvalue weighted by Crippen LogP contribution is -2.27. The Balaban J connectivity index is 2.27. The van der Waals surface area contributed by atoms with E-state index in [-0.39, 0.29) is 24.1 Å². The Morgan fingerprint density at radius 2 is 1.88 bits per heavy atom. The van der Waals surface area contributed by atoms with Crippen LogP contribution in [0.15, 0.2) is 12.1 Å². The Morgan fingerprint density at radius 1 is 1.29 bits per heavy atom. The van der Waals surface area contributed by atoms with Crippen LogP contribution in [0.1, 0.15) is 42.5 Å². The Labute approximate surface area is 102 Å². The molecule has 1 fully saturated rings. The molecule has 2 N–H and O–H groups in total. The molecule has 0 aromatic heterocycles. The van der Waals surface area contributed by atoms with Crippen molar-refractivity contribution in [2.45, 2.75) is 51.9 Å². The zero-order chi connectivity index (χ0) is 12.6. The van der Waals surface area contributed by atoms with E-state index in [1.165, 1.54) is 0 Å². The van der Waals surface area contributed by atoms with Gasteiger partial charge in [0, 0.05) is 0 Å². The lowest BCUT2D eigenvalue weighted by atomic mass is 9.92. The van der Waals surface area contributed by atoms with E-state index < -0.39 is 0 Å². The largest absolute Gasteiger partial charge is 0.373 e. The molecule has 0 radical (unpaired) electrons. The predicted octanol–water partition coefficient (Wildman–Crippen LogP) is 3.01. The number of rotatable bonds is 2. The van der Waals surface area contributed by atoms with Crippen molar-refractivity contribution >= 4 is 0 Å². The molecule has 2 rings (SSSR count). The van der Waals surface area contributed by atoms with Gasteiger partial charge in [0.15, 0.2) is 0 Å². The summed E-state index contributed by atoms with van der Waals surface area (Å²) in [6.45, 7) is 5.88. The fourth-order valence-corrected chi connectivity index (χ4v) is 2.73. The van der Waals surface area contributed by atoms with Crippen molar-refractivity contribution in [3.05, 3.63) is 34.6 Å². The van der Waals surface area contributed by atoms with Gasteiger partial charge in [-0.05, 0) is 62.4 Å². The molecule has 1 aromatic rings. The van der Waals surface area contributed by atoms with E-state index in [2.05, 4.69) is 6.92 Å². The fraction of sp³-hybridized carbons (Fsp3) is 0.571. The van der Waals surface area contributed by atoms with Crippen molar-refractivity contribution in [2.24, 2.45) is 5.73 Å². The monoisotopic (exact) mass is 237 g/mol. The highest BCUT2D eigenvalue weighted by Crippen LogP contribution is 2.31. The van der Waals surface area contributed by atoms with Gasteiger partial charge in [-0.1, -0.05) is 0 Å². The molecule has 1 heterocycles. The highest BCUT2D eigenvalue weighted by molar-refractivity contribution is 5.37. The van der Waals surface area contributed by atoms with Crippen LogP contribution in [0.5, 0.6) is 0 Å². The summed E-state index contributed by atoms with van der Waals surface area (Å²) < 4.78 is 19.0. The minimum Gasteiger partial charge on any atom is -0.373 e. The molecular weight excluding hydrogens is 217 g/mol. The van der Waals surface area contributed by atoms with Gasteiger partial charge < -0.3 is 10.5 Å². The third-order valence-corrected chi connectivity index (χ3v) is 3.56. The van der Waals surface area contributed by atoms with Crippen molar-refractivity contribution in [1.82, 2.24) is 0 Å². The number of ether oxygens (including phenoxy) is 1. The molecule has 0 bridgehead atoms. The lowest BCUT2D eigenvalue weighted by molar-refractivity contribution is 0.0399. The van der Waals surface area contributed by atoms with Gasteiger partial charge in [0.25, 0.3) is 0 Å². The number of halogens is 1. The molecule has 0 aliphatic carbocycles. The summed E-state index contributed by atoms with van der Waals surface area (Å²) >= 11 is 0. The van der Waals surface area contributed by atoms with Gasteiger partial charge in [-0.15, -0.1) is 0 Å². The average molecular weight is 237 g/mol. The summed E-state index contributed by atoms with van der Waals surface area (Å²) in [5, 5.41) is 0. The van der Waals surface area contributed by atoms with E-state index in [1.807, 2.05) is 13.8 Å². The Morgan fingerprint density at radius 3 is 2.35 bits per heavy atom. The predicted molar refractivity (Wildman–Crippen MR) is 66.4 cm³/mol. The quantitative estimate of drug-likeness (QED) is 0.858. The van der Waals surface area contributed by atoms with Crippen LogP contribution in [0, 0.1) is 19.7 Å². The molecule has 1 aliphatic rings. The minimum atomic E-state index is -0.198. The standard InChI is InChI=1S/C14H20FNO/c1-8-6-11(15)7-9(2)13(8)14(16)12-5-4-10(3)17-12/h6-7,10,12,14H,4-5,16H2,1-3H3. The maximum Gasteiger partial charge on any atom is 0.123 e. The second kappa shape index (κ2) is 4.75. The van der Waals surface area contributed by atoms with Gasteiger partial charge >= 0.3 is 0 Å². The highest BCUT2D eigenvalue weighted by Gasteiger charge is 2.29. The second-order valence-electron chi connectivity index (χ2n) is 5.04. The van der Waals surface area contributed by atoms with Crippen molar-refractivity contribution < 1.29 is 9.13 Å². The van der Waals surface area contributed by atoms with Gasteiger partial charge in [0.2, 0.25) is 0 Å². The number of hydrogen-bond acceptors (Lipinski definition) is 2. The first-order chi connectivity index (χ1) is 7.99. The van der Waals surface area contributed by atoms with Crippen LogP contribution in [-0.2, 0) is 4.74 Å². The topological polar surface area (TPSA) is 35.2 Å². The molecular formula is C14H20FNO. The Kier molecular flexibility index (Phi) is 3.50. The molecule has 0 saturated carbocycles.